The third-order valence-corrected chi connectivity index (χ3v) is 9.32. The van der Waals surface area contributed by atoms with E-state index in [-0.39, 0.29) is 11.9 Å². The van der Waals surface area contributed by atoms with Crippen LogP contribution in [-0.2, 0) is 5.41 Å². The summed E-state index contributed by atoms with van der Waals surface area (Å²) in [6.45, 7) is 6.35. The molecule has 3 heteroatoms. The third-order valence-electron chi connectivity index (χ3n) is 9.32. The molecule has 2 aromatic rings. The number of rotatable bonds is 13. The fraction of sp³-hybridized carbons (Fsp3) is 0.636. The highest BCUT2D eigenvalue weighted by Crippen LogP contribution is 2.59. The zero-order valence-electron chi connectivity index (χ0n) is 22.8. The average molecular weight is 497 g/mol. The maximum absolute atomic E-state index is 14.9. The standard InChI is InChI=1S/C33H46F2O/c1-4-6-8-9-11-25(3)36-31-29(34)23-27(24-30(31)35)26-12-14-28(15-13-26)33-20-17-32(18-21-33,19-22-33)16-10-7-5-2/h12-15,23-25H,4-11,16-22H2,1-3H3/t25-,32?,33?/m0/s1. The maximum Gasteiger partial charge on any atom is 0.191 e. The molecule has 2 bridgehead atoms. The predicted molar refractivity (Wildman–Crippen MR) is 147 cm³/mol. The largest absolute Gasteiger partial charge is 0.485 e. The molecule has 0 saturated heterocycles. The summed E-state index contributed by atoms with van der Waals surface area (Å²) >= 11 is 0. The Morgan fingerprint density at radius 3 is 1.92 bits per heavy atom. The third kappa shape index (κ3) is 6.14. The lowest BCUT2D eigenvalue weighted by molar-refractivity contribution is 0.0305. The van der Waals surface area contributed by atoms with Crippen LogP contribution >= 0.6 is 0 Å². The second kappa shape index (κ2) is 12.1. The van der Waals surface area contributed by atoms with Gasteiger partial charge >= 0.3 is 0 Å². The fourth-order valence-electron chi connectivity index (χ4n) is 6.80. The lowest BCUT2D eigenvalue weighted by Crippen LogP contribution is -2.44. The first-order valence-electron chi connectivity index (χ1n) is 14.7. The van der Waals surface area contributed by atoms with Crippen molar-refractivity contribution in [3.05, 3.63) is 53.6 Å². The van der Waals surface area contributed by atoms with Crippen molar-refractivity contribution in [1.82, 2.24) is 0 Å². The number of hydrogen-bond donors (Lipinski definition) is 0. The quantitative estimate of drug-likeness (QED) is 0.251. The predicted octanol–water partition coefficient (Wildman–Crippen LogP) is 10.5. The van der Waals surface area contributed by atoms with Crippen molar-refractivity contribution in [1.29, 1.82) is 0 Å². The number of hydrogen-bond acceptors (Lipinski definition) is 1. The molecule has 0 unspecified atom stereocenters. The average Bonchev–Trinajstić information content (AvgIpc) is 2.90. The first-order valence-corrected chi connectivity index (χ1v) is 14.7. The van der Waals surface area contributed by atoms with Gasteiger partial charge in [-0.3, -0.25) is 0 Å². The summed E-state index contributed by atoms with van der Waals surface area (Å²) in [7, 11) is 0. The highest BCUT2D eigenvalue weighted by Gasteiger charge is 2.48. The van der Waals surface area contributed by atoms with Crippen LogP contribution in [0.2, 0.25) is 0 Å². The van der Waals surface area contributed by atoms with Gasteiger partial charge in [-0.25, -0.2) is 8.78 Å². The molecule has 36 heavy (non-hydrogen) atoms. The van der Waals surface area contributed by atoms with E-state index in [1.165, 1.54) is 94.7 Å². The monoisotopic (exact) mass is 496 g/mol. The molecule has 3 saturated carbocycles. The van der Waals surface area contributed by atoms with E-state index in [0.29, 0.717) is 16.4 Å². The van der Waals surface area contributed by atoms with Crippen LogP contribution in [0.4, 0.5) is 8.78 Å². The van der Waals surface area contributed by atoms with Crippen molar-refractivity contribution in [3.63, 3.8) is 0 Å². The normalized spacial score (nSPS) is 24.1. The molecule has 0 N–H and O–H groups in total. The van der Waals surface area contributed by atoms with Crippen LogP contribution in [0.15, 0.2) is 36.4 Å². The molecule has 3 aliphatic carbocycles. The van der Waals surface area contributed by atoms with Crippen LogP contribution < -0.4 is 4.74 Å². The van der Waals surface area contributed by atoms with Crippen LogP contribution in [0.3, 0.4) is 0 Å². The Hall–Kier alpha value is -1.90. The summed E-state index contributed by atoms with van der Waals surface area (Å²) in [5.41, 5.74) is 3.73. The Balaban J connectivity index is 1.40. The Kier molecular flexibility index (Phi) is 9.12. The topological polar surface area (TPSA) is 9.23 Å². The van der Waals surface area contributed by atoms with Crippen molar-refractivity contribution in [2.75, 3.05) is 0 Å². The summed E-state index contributed by atoms with van der Waals surface area (Å²) in [4.78, 5) is 0. The van der Waals surface area contributed by atoms with Crippen molar-refractivity contribution < 1.29 is 13.5 Å². The SMILES string of the molecule is CCCCCC[C@H](C)Oc1c(F)cc(-c2ccc(C34CCC(CCCCC)(CC3)CC4)cc2)cc1F. The van der Waals surface area contributed by atoms with E-state index in [1.54, 1.807) is 0 Å². The summed E-state index contributed by atoms with van der Waals surface area (Å²) in [5, 5.41) is 0. The lowest BCUT2D eigenvalue weighted by Gasteiger charge is -2.54. The lowest BCUT2D eigenvalue weighted by atomic mass is 9.51. The number of ether oxygens (including phenoxy) is 1. The molecule has 0 radical (unpaired) electrons. The van der Waals surface area contributed by atoms with E-state index in [2.05, 4.69) is 26.0 Å². The second-order valence-corrected chi connectivity index (χ2v) is 11.9. The zero-order valence-corrected chi connectivity index (χ0v) is 22.8. The minimum atomic E-state index is -0.618. The van der Waals surface area contributed by atoms with Gasteiger partial charge in [0.15, 0.2) is 17.4 Å². The minimum absolute atomic E-state index is 0.202. The van der Waals surface area contributed by atoms with E-state index in [9.17, 15) is 8.78 Å². The van der Waals surface area contributed by atoms with Crippen LogP contribution in [-0.4, -0.2) is 6.10 Å². The van der Waals surface area contributed by atoms with E-state index in [1.807, 2.05) is 19.1 Å². The van der Waals surface area contributed by atoms with Gasteiger partial charge in [-0.15, -0.1) is 0 Å². The molecule has 3 fully saturated rings. The van der Waals surface area contributed by atoms with Gasteiger partial charge in [0.2, 0.25) is 0 Å². The first-order chi connectivity index (χ1) is 17.4. The van der Waals surface area contributed by atoms with Crippen LogP contribution in [0.1, 0.15) is 123 Å². The Morgan fingerprint density at radius 2 is 1.33 bits per heavy atom. The van der Waals surface area contributed by atoms with Gasteiger partial charge in [-0.2, -0.15) is 0 Å². The first kappa shape index (κ1) is 27.1. The van der Waals surface area contributed by atoms with Crippen molar-refractivity contribution in [2.45, 2.75) is 129 Å². The van der Waals surface area contributed by atoms with Gasteiger partial charge in [0.05, 0.1) is 6.10 Å². The van der Waals surface area contributed by atoms with Gasteiger partial charge in [-0.05, 0) is 104 Å². The number of halogens is 2. The Morgan fingerprint density at radius 1 is 0.750 bits per heavy atom. The smallest absolute Gasteiger partial charge is 0.191 e. The van der Waals surface area contributed by atoms with Crippen molar-refractivity contribution in [2.24, 2.45) is 5.41 Å². The van der Waals surface area contributed by atoms with Gasteiger partial charge in [0.25, 0.3) is 0 Å². The molecule has 198 valence electrons. The molecule has 5 rings (SSSR count). The summed E-state index contributed by atoms with van der Waals surface area (Å²) in [6.07, 6.45) is 18.5. The highest BCUT2D eigenvalue weighted by molar-refractivity contribution is 5.65. The zero-order chi connectivity index (χ0) is 25.6. The highest BCUT2D eigenvalue weighted by atomic mass is 19.1. The van der Waals surface area contributed by atoms with E-state index < -0.39 is 11.6 Å². The molecular weight excluding hydrogens is 450 g/mol. The molecule has 0 spiro atoms. The van der Waals surface area contributed by atoms with Crippen LogP contribution in [0.25, 0.3) is 11.1 Å². The number of benzene rings is 2. The fourth-order valence-corrected chi connectivity index (χ4v) is 6.80. The molecule has 2 aromatic carbocycles. The number of unbranched alkanes of at least 4 members (excludes halogenated alkanes) is 5. The van der Waals surface area contributed by atoms with Crippen molar-refractivity contribution in [3.8, 4) is 16.9 Å². The van der Waals surface area contributed by atoms with Crippen LogP contribution in [0.5, 0.6) is 5.75 Å². The summed E-state index contributed by atoms with van der Waals surface area (Å²) < 4.78 is 35.4. The molecule has 1 nitrogen and oxygen atoms in total. The molecule has 0 aromatic heterocycles. The minimum Gasteiger partial charge on any atom is -0.485 e. The Bertz CT molecular complexity index is 932. The Labute approximate surface area is 218 Å². The molecule has 3 aliphatic rings. The summed E-state index contributed by atoms with van der Waals surface area (Å²) in [6, 6.07) is 11.4. The van der Waals surface area contributed by atoms with Gasteiger partial charge in [-0.1, -0.05) is 76.6 Å². The van der Waals surface area contributed by atoms with E-state index >= 15 is 0 Å². The molecule has 0 heterocycles. The number of fused-ring (bicyclic) bond motifs is 3. The van der Waals surface area contributed by atoms with E-state index in [0.717, 1.165) is 24.8 Å². The maximum atomic E-state index is 14.9. The molecule has 1 atom stereocenters. The van der Waals surface area contributed by atoms with Crippen molar-refractivity contribution >= 4 is 0 Å². The van der Waals surface area contributed by atoms with Crippen LogP contribution in [0, 0.1) is 17.0 Å². The van der Waals surface area contributed by atoms with E-state index in [4.69, 9.17) is 4.74 Å². The second-order valence-electron chi connectivity index (χ2n) is 11.9. The van der Waals surface area contributed by atoms with Gasteiger partial charge < -0.3 is 4.74 Å². The summed E-state index contributed by atoms with van der Waals surface area (Å²) in [5.74, 6) is -1.48. The van der Waals surface area contributed by atoms with Gasteiger partial charge in [0, 0.05) is 0 Å². The van der Waals surface area contributed by atoms with Gasteiger partial charge in [0.1, 0.15) is 0 Å². The molecule has 0 aliphatic heterocycles. The molecular formula is C33H46F2O. The molecule has 0 amide bonds.